The highest BCUT2D eigenvalue weighted by atomic mass is 19.1. The van der Waals surface area contributed by atoms with Gasteiger partial charge in [0.25, 0.3) is 5.91 Å². The van der Waals surface area contributed by atoms with Crippen LogP contribution in [0.25, 0.3) is 5.69 Å². The lowest BCUT2D eigenvalue weighted by atomic mass is 10.1. The normalized spacial score (nSPS) is 14.4. The molecule has 1 amide bonds. The Hall–Kier alpha value is -3.23. The fraction of sp³-hybridized carbons (Fsp3) is 0.360. The van der Waals surface area contributed by atoms with Crippen molar-refractivity contribution >= 4 is 5.91 Å². The van der Waals surface area contributed by atoms with E-state index >= 15 is 0 Å². The van der Waals surface area contributed by atoms with Gasteiger partial charge in [0.2, 0.25) is 0 Å². The Balaban J connectivity index is 1.29. The summed E-state index contributed by atoms with van der Waals surface area (Å²) in [6.07, 6.45) is 5.15. The lowest BCUT2D eigenvalue weighted by molar-refractivity contribution is 0.0392. The Kier molecular flexibility index (Phi) is 7.70. The van der Waals surface area contributed by atoms with Crippen LogP contribution in [0.2, 0.25) is 0 Å². The first-order valence-electron chi connectivity index (χ1n) is 11.2. The monoisotopic (exact) mass is 452 g/mol. The summed E-state index contributed by atoms with van der Waals surface area (Å²) in [5.41, 5.74) is 1.98. The van der Waals surface area contributed by atoms with Crippen LogP contribution in [0.1, 0.15) is 28.9 Å². The minimum absolute atomic E-state index is 0.263. The van der Waals surface area contributed by atoms with Crippen LogP contribution in [0.3, 0.4) is 0 Å². The molecule has 0 unspecified atom stereocenters. The number of amides is 1. The third kappa shape index (κ3) is 6.18. The molecule has 1 aromatic heterocycles. The van der Waals surface area contributed by atoms with Crippen LogP contribution in [-0.4, -0.2) is 59.8 Å². The van der Waals surface area contributed by atoms with Crippen LogP contribution < -0.4 is 10.1 Å². The van der Waals surface area contributed by atoms with E-state index in [1.807, 2.05) is 24.3 Å². The average Bonchev–Trinajstić information content (AvgIpc) is 3.34. The van der Waals surface area contributed by atoms with Crippen LogP contribution in [0.5, 0.6) is 5.75 Å². The van der Waals surface area contributed by atoms with Crippen LogP contribution in [0.15, 0.2) is 61.1 Å². The van der Waals surface area contributed by atoms with E-state index in [1.165, 1.54) is 24.7 Å². The smallest absolute Gasteiger partial charge is 0.270 e. The van der Waals surface area contributed by atoms with E-state index in [2.05, 4.69) is 22.2 Å². The van der Waals surface area contributed by atoms with Gasteiger partial charge in [-0.15, -0.1) is 0 Å². The molecule has 8 heteroatoms. The Morgan fingerprint density at radius 1 is 1.24 bits per heavy atom. The number of imidazole rings is 1. The maximum atomic E-state index is 13.2. The molecule has 2 aromatic carbocycles. The van der Waals surface area contributed by atoms with E-state index in [4.69, 9.17) is 9.47 Å². The third-order valence-corrected chi connectivity index (χ3v) is 5.85. The molecule has 0 aliphatic carbocycles. The van der Waals surface area contributed by atoms with Crippen molar-refractivity contribution in [3.05, 3.63) is 78.1 Å². The average molecular weight is 453 g/mol. The summed E-state index contributed by atoms with van der Waals surface area (Å²) >= 11 is 0. The molecule has 0 bridgehead atoms. The van der Waals surface area contributed by atoms with E-state index < -0.39 is 0 Å². The second-order valence-electron chi connectivity index (χ2n) is 8.13. The van der Waals surface area contributed by atoms with Gasteiger partial charge in [0, 0.05) is 38.0 Å². The zero-order valence-electron chi connectivity index (χ0n) is 18.7. The third-order valence-electron chi connectivity index (χ3n) is 5.85. The molecule has 1 aliphatic heterocycles. The van der Waals surface area contributed by atoms with Gasteiger partial charge in [-0.05, 0) is 61.9 Å². The molecule has 1 aliphatic rings. The number of benzene rings is 2. The highest BCUT2D eigenvalue weighted by Gasteiger charge is 2.18. The van der Waals surface area contributed by atoms with Gasteiger partial charge in [0.05, 0.1) is 12.5 Å². The van der Waals surface area contributed by atoms with Crippen molar-refractivity contribution in [3.63, 3.8) is 0 Å². The highest BCUT2D eigenvalue weighted by Crippen LogP contribution is 2.16. The zero-order valence-corrected chi connectivity index (χ0v) is 18.7. The summed E-state index contributed by atoms with van der Waals surface area (Å²) in [5, 5.41) is 2.92. The van der Waals surface area contributed by atoms with Crippen molar-refractivity contribution in [2.24, 2.45) is 0 Å². The van der Waals surface area contributed by atoms with E-state index in [1.54, 1.807) is 16.7 Å². The molecule has 174 valence electrons. The number of rotatable bonds is 9. The molecule has 0 spiro atoms. The van der Waals surface area contributed by atoms with Crippen molar-refractivity contribution in [1.29, 1.82) is 0 Å². The number of aromatic nitrogens is 2. The Morgan fingerprint density at radius 3 is 2.82 bits per heavy atom. The quantitative estimate of drug-likeness (QED) is 0.539. The second-order valence-corrected chi connectivity index (χ2v) is 8.13. The van der Waals surface area contributed by atoms with E-state index in [-0.39, 0.29) is 11.7 Å². The number of hydrogen-bond donors (Lipinski definition) is 1. The predicted octanol–water partition coefficient (Wildman–Crippen LogP) is 3.43. The molecule has 0 saturated carbocycles. The first kappa shape index (κ1) is 22.9. The molecule has 0 radical (unpaired) electrons. The molecule has 1 fully saturated rings. The minimum Gasteiger partial charge on any atom is -0.492 e. The van der Waals surface area contributed by atoms with Gasteiger partial charge in [-0.2, -0.15) is 0 Å². The SMILES string of the molecule is CN(CCOc1cccc(CNC(=O)c2cncn2-c2ccc(F)cc2)c1)C1CCOCC1. The fourth-order valence-corrected chi connectivity index (χ4v) is 3.90. The van der Waals surface area contributed by atoms with Crippen molar-refractivity contribution in [2.75, 3.05) is 33.4 Å². The molecule has 3 aromatic rings. The van der Waals surface area contributed by atoms with Gasteiger partial charge < -0.3 is 14.8 Å². The number of likely N-dealkylation sites (N-methyl/N-ethyl adjacent to an activating group) is 1. The number of carbonyl (C=O) groups is 1. The molecule has 1 saturated heterocycles. The Bertz CT molecular complexity index is 1050. The molecule has 2 heterocycles. The van der Waals surface area contributed by atoms with Crippen molar-refractivity contribution < 1.29 is 18.7 Å². The minimum atomic E-state index is -0.331. The van der Waals surface area contributed by atoms with Crippen LogP contribution in [0.4, 0.5) is 4.39 Å². The Labute approximate surface area is 193 Å². The maximum absolute atomic E-state index is 13.2. The summed E-state index contributed by atoms with van der Waals surface area (Å²) in [6.45, 7) is 3.45. The standard InChI is InChI=1S/C25H29FN4O3/c1-29(21-9-12-32-13-10-21)11-14-33-23-4-2-3-19(15-23)16-28-25(31)24-17-27-18-30(24)22-7-5-20(26)6-8-22/h2-8,15,17-18,21H,9-14,16H2,1H3,(H,28,31). The van der Waals surface area contributed by atoms with Gasteiger partial charge in [0.1, 0.15) is 23.9 Å². The molecular formula is C25H29FN4O3. The summed E-state index contributed by atoms with van der Waals surface area (Å²) in [6, 6.07) is 14.2. The van der Waals surface area contributed by atoms with E-state index in [9.17, 15) is 9.18 Å². The molecule has 1 N–H and O–H groups in total. The second kappa shape index (κ2) is 11.1. The van der Waals surface area contributed by atoms with Gasteiger partial charge >= 0.3 is 0 Å². The van der Waals surface area contributed by atoms with Crippen LogP contribution in [-0.2, 0) is 11.3 Å². The maximum Gasteiger partial charge on any atom is 0.270 e. The van der Waals surface area contributed by atoms with Crippen LogP contribution in [0, 0.1) is 5.82 Å². The summed E-state index contributed by atoms with van der Waals surface area (Å²) in [7, 11) is 2.13. The fourth-order valence-electron chi connectivity index (χ4n) is 3.90. The number of hydrogen-bond acceptors (Lipinski definition) is 5. The molecule has 0 atom stereocenters. The molecule has 7 nitrogen and oxygen atoms in total. The number of nitrogens with zero attached hydrogens (tertiary/aromatic N) is 3. The number of nitrogens with one attached hydrogen (secondary N) is 1. The summed E-state index contributed by atoms with van der Waals surface area (Å²) in [5.74, 6) is 0.182. The van der Waals surface area contributed by atoms with Crippen LogP contribution >= 0.6 is 0 Å². The number of carbonyl (C=O) groups excluding carboxylic acids is 1. The van der Waals surface area contributed by atoms with Crippen molar-refractivity contribution in [3.8, 4) is 11.4 Å². The van der Waals surface area contributed by atoms with Gasteiger partial charge in [-0.1, -0.05) is 12.1 Å². The largest absolute Gasteiger partial charge is 0.492 e. The summed E-state index contributed by atoms with van der Waals surface area (Å²) in [4.78, 5) is 19.1. The Morgan fingerprint density at radius 2 is 2.03 bits per heavy atom. The topological polar surface area (TPSA) is 68.6 Å². The highest BCUT2D eigenvalue weighted by molar-refractivity contribution is 5.92. The predicted molar refractivity (Wildman–Crippen MR) is 123 cm³/mol. The molecule has 4 rings (SSSR count). The van der Waals surface area contributed by atoms with Crippen molar-refractivity contribution in [1.82, 2.24) is 19.8 Å². The molecule has 33 heavy (non-hydrogen) atoms. The van der Waals surface area contributed by atoms with Crippen molar-refractivity contribution in [2.45, 2.75) is 25.4 Å². The van der Waals surface area contributed by atoms with Gasteiger partial charge in [-0.25, -0.2) is 9.37 Å². The summed E-state index contributed by atoms with van der Waals surface area (Å²) < 4.78 is 26.2. The lowest BCUT2D eigenvalue weighted by Crippen LogP contribution is -2.38. The lowest BCUT2D eigenvalue weighted by Gasteiger charge is -2.31. The van der Waals surface area contributed by atoms with Gasteiger partial charge in [0.15, 0.2) is 0 Å². The zero-order chi connectivity index (χ0) is 23.0. The van der Waals surface area contributed by atoms with E-state index in [0.717, 1.165) is 43.9 Å². The first-order chi connectivity index (χ1) is 16.1. The number of ether oxygens (including phenoxy) is 2. The van der Waals surface area contributed by atoms with Gasteiger partial charge in [-0.3, -0.25) is 14.3 Å². The van der Waals surface area contributed by atoms with E-state index in [0.29, 0.717) is 30.6 Å². The first-order valence-corrected chi connectivity index (χ1v) is 11.2. The molecular weight excluding hydrogens is 423 g/mol. The number of halogens is 1.